The predicted octanol–water partition coefficient (Wildman–Crippen LogP) is 3.19. The molecule has 3 nitrogen and oxygen atoms in total. The highest BCUT2D eigenvalue weighted by Crippen LogP contribution is 2.43. The largest absolute Gasteiger partial charge is 0.504 e. The number of hydrogen-bond donors (Lipinski definition) is 2. The lowest BCUT2D eigenvalue weighted by atomic mass is 9.97. The van der Waals surface area contributed by atoms with Gasteiger partial charge in [0.1, 0.15) is 0 Å². The fraction of sp³-hybridized carbons (Fsp3) is 0.333. The summed E-state index contributed by atoms with van der Waals surface area (Å²) < 4.78 is 5.38. The molecule has 0 fully saturated rings. The molecule has 1 aliphatic rings. The minimum absolute atomic E-state index is 0.185. The van der Waals surface area contributed by atoms with Crippen LogP contribution in [0.2, 0.25) is 0 Å². The van der Waals surface area contributed by atoms with Gasteiger partial charge < -0.3 is 14.8 Å². The first-order valence-electron chi connectivity index (χ1n) is 5.26. The van der Waals surface area contributed by atoms with E-state index in [-0.39, 0.29) is 11.7 Å². The summed E-state index contributed by atoms with van der Waals surface area (Å²) in [4.78, 5) is 0. The summed E-state index contributed by atoms with van der Waals surface area (Å²) in [7, 11) is 0. The van der Waals surface area contributed by atoms with Crippen molar-refractivity contribution in [3.8, 4) is 5.75 Å². The lowest BCUT2D eigenvalue weighted by Crippen LogP contribution is -2.02. The van der Waals surface area contributed by atoms with Crippen LogP contribution in [0.25, 0.3) is 11.0 Å². The number of alkyl halides is 1. The van der Waals surface area contributed by atoms with Crippen molar-refractivity contribution in [1.29, 1.82) is 0 Å². The molecule has 0 unspecified atom stereocenters. The minimum atomic E-state index is 0.185. The number of furan rings is 1. The first-order chi connectivity index (χ1) is 7.72. The van der Waals surface area contributed by atoms with E-state index >= 15 is 0 Å². The molecular formula is C12H12ClNO2. The molecule has 1 aromatic heterocycles. The van der Waals surface area contributed by atoms with Crippen LogP contribution in [0.1, 0.15) is 17.0 Å². The number of phenols is 1. The Morgan fingerprint density at radius 2 is 2.44 bits per heavy atom. The van der Waals surface area contributed by atoms with Crippen LogP contribution in [-0.4, -0.2) is 17.5 Å². The summed E-state index contributed by atoms with van der Waals surface area (Å²) in [6, 6.07) is 1.72. The Morgan fingerprint density at radius 1 is 1.62 bits per heavy atom. The van der Waals surface area contributed by atoms with E-state index in [9.17, 15) is 5.11 Å². The zero-order valence-corrected chi connectivity index (χ0v) is 9.64. The smallest absolute Gasteiger partial charge is 0.176 e. The third-order valence-corrected chi connectivity index (χ3v) is 3.55. The zero-order valence-electron chi connectivity index (χ0n) is 8.88. The van der Waals surface area contributed by atoms with E-state index in [2.05, 4.69) is 5.32 Å². The third-order valence-electron chi connectivity index (χ3n) is 3.18. The molecule has 84 valence electrons. The minimum Gasteiger partial charge on any atom is -0.504 e. The fourth-order valence-electron chi connectivity index (χ4n) is 2.42. The highest BCUT2D eigenvalue weighted by atomic mass is 35.5. The van der Waals surface area contributed by atoms with E-state index in [0.29, 0.717) is 11.5 Å². The van der Waals surface area contributed by atoms with E-state index in [4.69, 9.17) is 16.0 Å². The van der Waals surface area contributed by atoms with Gasteiger partial charge in [-0.25, -0.2) is 0 Å². The van der Waals surface area contributed by atoms with Crippen LogP contribution in [-0.2, 0) is 0 Å². The topological polar surface area (TPSA) is 45.4 Å². The maximum absolute atomic E-state index is 9.84. The lowest BCUT2D eigenvalue weighted by Gasteiger charge is -2.08. The van der Waals surface area contributed by atoms with Crippen LogP contribution in [0.15, 0.2) is 16.7 Å². The molecule has 0 bridgehead atoms. The van der Waals surface area contributed by atoms with Crippen molar-refractivity contribution in [2.24, 2.45) is 0 Å². The number of nitrogens with one attached hydrogen (secondary N) is 1. The van der Waals surface area contributed by atoms with Gasteiger partial charge in [0.25, 0.3) is 0 Å². The molecule has 0 aliphatic carbocycles. The third kappa shape index (κ3) is 1.15. The molecule has 3 rings (SSSR count). The SMILES string of the molecule is Cc1coc2c(O)cc3c(c12)[C@@H](CCl)CN3. The Balaban J connectivity index is 2.40. The average molecular weight is 238 g/mol. The van der Waals surface area contributed by atoms with Crippen molar-refractivity contribution >= 4 is 28.3 Å². The Morgan fingerprint density at radius 3 is 3.19 bits per heavy atom. The van der Waals surface area contributed by atoms with Crippen molar-refractivity contribution in [1.82, 2.24) is 0 Å². The molecule has 1 aliphatic heterocycles. The van der Waals surface area contributed by atoms with Crippen LogP contribution in [0, 0.1) is 6.92 Å². The number of hydrogen-bond acceptors (Lipinski definition) is 3. The Bertz CT molecular complexity index is 562. The summed E-state index contributed by atoms with van der Waals surface area (Å²) >= 11 is 5.96. The van der Waals surface area contributed by atoms with E-state index in [1.54, 1.807) is 12.3 Å². The Labute approximate surface area is 98.0 Å². The van der Waals surface area contributed by atoms with E-state index in [0.717, 1.165) is 23.2 Å². The van der Waals surface area contributed by atoms with Crippen LogP contribution < -0.4 is 5.32 Å². The predicted molar refractivity (Wildman–Crippen MR) is 64.6 cm³/mol. The fourth-order valence-corrected chi connectivity index (χ4v) is 2.68. The monoisotopic (exact) mass is 237 g/mol. The van der Waals surface area contributed by atoms with E-state index in [1.165, 1.54) is 5.56 Å². The summed E-state index contributed by atoms with van der Waals surface area (Å²) in [5, 5.41) is 14.1. The molecular weight excluding hydrogens is 226 g/mol. The van der Waals surface area contributed by atoms with Crippen LogP contribution in [0.5, 0.6) is 5.75 Å². The van der Waals surface area contributed by atoms with Gasteiger partial charge in [0, 0.05) is 35.5 Å². The molecule has 0 radical (unpaired) electrons. The molecule has 0 saturated heterocycles. The maximum atomic E-state index is 9.84. The second-order valence-corrected chi connectivity index (χ2v) is 4.52. The number of rotatable bonds is 1. The number of fused-ring (bicyclic) bond motifs is 3. The van der Waals surface area contributed by atoms with Gasteiger partial charge in [-0.3, -0.25) is 0 Å². The van der Waals surface area contributed by atoms with Crippen molar-refractivity contribution in [3.63, 3.8) is 0 Å². The Hall–Kier alpha value is -1.35. The van der Waals surface area contributed by atoms with Gasteiger partial charge in [0.15, 0.2) is 11.3 Å². The number of aryl methyl sites for hydroxylation is 1. The van der Waals surface area contributed by atoms with Crippen molar-refractivity contribution in [2.45, 2.75) is 12.8 Å². The van der Waals surface area contributed by atoms with Gasteiger partial charge in [0.05, 0.1) is 6.26 Å². The highest BCUT2D eigenvalue weighted by molar-refractivity contribution is 6.18. The molecule has 1 aromatic carbocycles. The quantitative estimate of drug-likeness (QED) is 0.749. The first kappa shape index (κ1) is 9.85. The summed E-state index contributed by atoms with van der Waals surface area (Å²) in [6.07, 6.45) is 1.67. The van der Waals surface area contributed by atoms with Gasteiger partial charge in [-0.05, 0) is 18.1 Å². The number of aromatic hydroxyl groups is 1. The lowest BCUT2D eigenvalue weighted by molar-refractivity contribution is 0.465. The highest BCUT2D eigenvalue weighted by Gasteiger charge is 2.27. The molecule has 4 heteroatoms. The van der Waals surface area contributed by atoms with Crippen LogP contribution in [0.3, 0.4) is 0 Å². The average Bonchev–Trinajstić information content (AvgIpc) is 2.82. The van der Waals surface area contributed by atoms with Crippen molar-refractivity contribution in [3.05, 3.63) is 23.5 Å². The summed E-state index contributed by atoms with van der Waals surface area (Å²) in [6.45, 7) is 2.80. The van der Waals surface area contributed by atoms with E-state index in [1.807, 2.05) is 6.92 Å². The van der Waals surface area contributed by atoms with Crippen LogP contribution >= 0.6 is 11.6 Å². The number of phenolic OH excluding ortho intramolecular Hbond substituents is 1. The van der Waals surface area contributed by atoms with E-state index < -0.39 is 0 Å². The molecule has 0 saturated carbocycles. The molecule has 2 aromatic rings. The number of anilines is 1. The molecule has 0 spiro atoms. The number of halogens is 1. The molecule has 2 N–H and O–H groups in total. The van der Waals surface area contributed by atoms with Gasteiger partial charge in [-0.2, -0.15) is 0 Å². The van der Waals surface area contributed by atoms with Gasteiger partial charge >= 0.3 is 0 Å². The normalized spacial score (nSPS) is 18.8. The molecule has 1 atom stereocenters. The Kier molecular flexibility index (Phi) is 2.04. The van der Waals surface area contributed by atoms with Gasteiger partial charge in [-0.15, -0.1) is 11.6 Å². The zero-order chi connectivity index (χ0) is 11.3. The summed E-state index contributed by atoms with van der Waals surface area (Å²) in [5.41, 5.74) is 3.75. The van der Waals surface area contributed by atoms with Crippen LogP contribution in [0.4, 0.5) is 5.69 Å². The summed E-state index contributed by atoms with van der Waals surface area (Å²) in [5.74, 6) is 1.05. The first-order valence-corrected chi connectivity index (χ1v) is 5.79. The molecule has 2 heterocycles. The van der Waals surface area contributed by atoms with Gasteiger partial charge in [-0.1, -0.05) is 0 Å². The second-order valence-electron chi connectivity index (χ2n) is 4.21. The van der Waals surface area contributed by atoms with Crippen molar-refractivity contribution in [2.75, 3.05) is 17.7 Å². The standard InChI is InChI=1S/C12H12ClNO2/c1-6-5-16-12-9(15)2-8-11(10(6)12)7(3-13)4-14-8/h2,5,7,14-15H,3-4H2,1H3/t7-/m0/s1. The second kappa shape index (κ2) is 3.32. The molecule has 0 amide bonds. The van der Waals surface area contributed by atoms with Crippen molar-refractivity contribution < 1.29 is 9.52 Å². The maximum Gasteiger partial charge on any atom is 0.176 e. The molecule has 16 heavy (non-hydrogen) atoms. The van der Waals surface area contributed by atoms with Gasteiger partial charge in [0.2, 0.25) is 0 Å². The number of benzene rings is 1.